The number of rotatable bonds is 6. The largest absolute Gasteiger partial charge is 0.467 e. The SMILES string of the molecule is COC(=O)C(NCC1CCCO1)(c1ccccc1)C(C)C. The summed E-state index contributed by atoms with van der Waals surface area (Å²) < 4.78 is 10.8. The van der Waals surface area contributed by atoms with E-state index in [1.54, 1.807) is 0 Å². The number of esters is 1. The topological polar surface area (TPSA) is 47.6 Å². The minimum atomic E-state index is -0.831. The van der Waals surface area contributed by atoms with E-state index < -0.39 is 5.54 Å². The first-order valence-electron chi connectivity index (χ1n) is 7.61. The molecule has 116 valence electrons. The van der Waals surface area contributed by atoms with Crippen molar-refractivity contribution in [3.8, 4) is 0 Å². The van der Waals surface area contributed by atoms with Crippen LogP contribution in [0.2, 0.25) is 0 Å². The van der Waals surface area contributed by atoms with Crippen LogP contribution in [0.4, 0.5) is 0 Å². The van der Waals surface area contributed by atoms with Crippen molar-refractivity contribution in [3.05, 3.63) is 35.9 Å². The van der Waals surface area contributed by atoms with Gasteiger partial charge in [0, 0.05) is 13.2 Å². The highest BCUT2D eigenvalue weighted by molar-refractivity contribution is 5.83. The van der Waals surface area contributed by atoms with Crippen LogP contribution in [-0.2, 0) is 19.8 Å². The summed E-state index contributed by atoms with van der Waals surface area (Å²) in [5.41, 5.74) is 0.104. The summed E-state index contributed by atoms with van der Waals surface area (Å²) in [7, 11) is 1.44. The number of carbonyl (C=O) groups excluding carboxylic acids is 1. The van der Waals surface area contributed by atoms with Crippen molar-refractivity contribution in [2.45, 2.75) is 38.3 Å². The second-order valence-electron chi connectivity index (χ2n) is 5.84. The zero-order valence-corrected chi connectivity index (χ0v) is 13.1. The predicted molar refractivity (Wildman–Crippen MR) is 82.0 cm³/mol. The van der Waals surface area contributed by atoms with E-state index in [1.807, 2.05) is 44.2 Å². The van der Waals surface area contributed by atoms with Gasteiger partial charge in [-0.1, -0.05) is 44.2 Å². The number of nitrogens with one attached hydrogen (secondary N) is 1. The lowest BCUT2D eigenvalue weighted by Crippen LogP contribution is -2.55. The molecule has 1 heterocycles. The van der Waals surface area contributed by atoms with Crippen molar-refractivity contribution < 1.29 is 14.3 Å². The van der Waals surface area contributed by atoms with Gasteiger partial charge < -0.3 is 9.47 Å². The quantitative estimate of drug-likeness (QED) is 0.818. The van der Waals surface area contributed by atoms with Crippen LogP contribution in [0.1, 0.15) is 32.3 Å². The molecule has 1 saturated heterocycles. The van der Waals surface area contributed by atoms with Crippen LogP contribution in [0.25, 0.3) is 0 Å². The molecule has 2 rings (SSSR count). The Labute approximate surface area is 126 Å². The van der Waals surface area contributed by atoms with Crippen molar-refractivity contribution in [1.29, 1.82) is 0 Å². The Morgan fingerprint density at radius 1 is 1.43 bits per heavy atom. The van der Waals surface area contributed by atoms with E-state index in [2.05, 4.69) is 5.32 Å². The van der Waals surface area contributed by atoms with Crippen molar-refractivity contribution in [1.82, 2.24) is 5.32 Å². The predicted octanol–water partition coefficient (Wildman–Crippen LogP) is 2.48. The summed E-state index contributed by atoms with van der Waals surface area (Å²) >= 11 is 0. The van der Waals surface area contributed by atoms with Gasteiger partial charge in [-0.2, -0.15) is 0 Å². The molecule has 0 aliphatic carbocycles. The van der Waals surface area contributed by atoms with Crippen LogP contribution in [-0.4, -0.2) is 32.3 Å². The zero-order chi connectivity index (χ0) is 15.3. The molecule has 2 unspecified atom stereocenters. The van der Waals surface area contributed by atoms with Gasteiger partial charge in [0.2, 0.25) is 0 Å². The summed E-state index contributed by atoms with van der Waals surface area (Å²) in [5, 5.41) is 3.44. The maximum absolute atomic E-state index is 12.6. The maximum atomic E-state index is 12.6. The maximum Gasteiger partial charge on any atom is 0.330 e. The molecule has 1 aliphatic rings. The van der Waals surface area contributed by atoms with Crippen LogP contribution in [0.15, 0.2) is 30.3 Å². The van der Waals surface area contributed by atoms with E-state index in [1.165, 1.54) is 7.11 Å². The molecule has 0 radical (unpaired) electrons. The van der Waals surface area contributed by atoms with E-state index >= 15 is 0 Å². The van der Waals surface area contributed by atoms with Crippen molar-refractivity contribution in [3.63, 3.8) is 0 Å². The molecule has 1 aromatic carbocycles. The molecule has 1 aromatic rings. The summed E-state index contributed by atoms with van der Waals surface area (Å²) in [6.07, 6.45) is 2.30. The van der Waals surface area contributed by atoms with E-state index in [4.69, 9.17) is 9.47 Å². The second-order valence-corrected chi connectivity index (χ2v) is 5.84. The van der Waals surface area contributed by atoms with Gasteiger partial charge >= 0.3 is 5.97 Å². The lowest BCUT2D eigenvalue weighted by Gasteiger charge is -2.37. The summed E-state index contributed by atoms with van der Waals surface area (Å²) in [6, 6.07) is 9.79. The van der Waals surface area contributed by atoms with Crippen LogP contribution < -0.4 is 5.32 Å². The number of hydrogen-bond acceptors (Lipinski definition) is 4. The third kappa shape index (κ3) is 3.27. The fraction of sp³-hybridized carbons (Fsp3) is 0.588. The molecule has 0 saturated carbocycles. The molecule has 0 amide bonds. The molecule has 21 heavy (non-hydrogen) atoms. The fourth-order valence-electron chi connectivity index (χ4n) is 3.01. The highest BCUT2D eigenvalue weighted by Crippen LogP contribution is 2.31. The van der Waals surface area contributed by atoms with Crippen molar-refractivity contribution in [2.24, 2.45) is 5.92 Å². The Morgan fingerprint density at radius 2 is 2.14 bits per heavy atom. The normalized spacial score (nSPS) is 21.2. The standard InChI is InChI=1S/C17H25NO3/c1-13(2)17(16(19)20-3,14-8-5-4-6-9-14)18-12-15-10-7-11-21-15/h4-6,8-9,13,15,18H,7,10-12H2,1-3H3. The van der Waals surface area contributed by atoms with Crippen LogP contribution in [0.5, 0.6) is 0 Å². The molecule has 1 fully saturated rings. The average molecular weight is 291 g/mol. The molecule has 4 heteroatoms. The van der Waals surface area contributed by atoms with Gasteiger partial charge in [0.05, 0.1) is 13.2 Å². The van der Waals surface area contributed by atoms with Gasteiger partial charge in [0.25, 0.3) is 0 Å². The van der Waals surface area contributed by atoms with Crippen LogP contribution in [0, 0.1) is 5.92 Å². The molecule has 1 N–H and O–H groups in total. The molecule has 4 nitrogen and oxygen atoms in total. The monoisotopic (exact) mass is 291 g/mol. The Morgan fingerprint density at radius 3 is 2.67 bits per heavy atom. The lowest BCUT2D eigenvalue weighted by molar-refractivity contribution is -0.151. The molecular formula is C17H25NO3. The third-order valence-corrected chi connectivity index (χ3v) is 4.24. The second kappa shape index (κ2) is 7.05. The van der Waals surface area contributed by atoms with E-state index in [0.717, 1.165) is 25.0 Å². The Hall–Kier alpha value is -1.39. The Kier molecular flexibility index (Phi) is 5.37. The number of hydrogen-bond donors (Lipinski definition) is 1. The van der Waals surface area contributed by atoms with Crippen molar-refractivity contribution >= 4 is 5.97 Å². The summed E-state index contributed by atoms with van der Waals surface area (Å²) in [5.74, 6) is -0.185. The van der Waals surface area contributed by atoms with E-state index in [9.17, 15) is 4.79 Å². The average Bonchev–Trinajstić information content (AvgIpc) is 3.01. The van der Waals surface area contributed by atoms with Gasteiger partial charge in [0.1, 0.15) is 5.54 Å². The highest BCUT2D eigenvalue weighted by atomic mass is 16.5. The number of benzene rings is 1. The minimum Gasteiger partial charge on any atom is -0.467 e. The summed E-state index contributed by atoms with van der Waals surface area (Å²) in [4.78, 5) is 12.6. The first-order chi connectivity index (χ1) is 10.1. The zero-order valence-electron chi connectivity index (χ0n) is 13.1. The summed E-state index contributed by atoms with van der Waals surface area (Å²) in [6.45, 7) is 5.53. The molecule has 2 atom stereocenters. The van der Waals surface area contributed by atoms with Crippen LogP contribution in [0.3, 0.4) is 0 Å². The first kappa shape index (κ1) is 16.0. The van der Waals surface area contributed by atoms with Gasteiger partial charge in [-0.3, -0.25) is 5.32 Å². The van der Waals surface area contributed by atoms with Crippen molar-refractivity contribution in [2.75, 3.05) is 20.3 Å². The Balaban J connectivity index is 2.29. The molecule has 1 aliphatic heterocycles. The third-order valence-electron chi connectivity index (χ3n) is 4.24. The van der Waals surface area contributed by atoms with Gasteiger partial charge in [-0.15, -0.1) is 0 Å². The highest BCUT2D eigenvalue weighted by Gasteiger charge is 2.44. The number of ether oxygens (including phenoxy) is 2. The molecule has 0 spiro atoms. The smallest absolute Gasteiger partial charge is 0.330 e. The number of methoxy groups -OCH3 is 1. The van der Waals surface area contributed by atoms with Gasteiger partial charge in [-0.25, -0.2) is 4.79 Å². The van der Waals surface area contributed by atoms with Gasteiger partial charge in [0.15, 0.2) is 0 Å². The Bertz CT molecular complexity index is 454. The minimum absolute atomic E-state index is 0.0637. The van der Waals surface area contributed by atoms with E-state index in [-0.39, 0.29) is 18.0 Å². The first-order valence-corrected chi connectivity index (χ1v) is 7.61. The fourth-order valence-corrected chi connectivity index (χ4v) is 3.01. The molecular weight excluding hydrogens is 266 g/mol. The molecule has 0 bridgehead atoms. The molecule has 0 aromatic heterocycles. The van der Waals surface area contributed by atoms with Crippen LogP contribution >= 0.6 is 0 Å². The number of carbonyl (C=O) groups is 1. The van der Waals surface area contributed by atoms with Gasteiger partial charge in [-0.05, 0) is 24.3 Å². The lowest BCUT2D eigenvalue weighted by atomic mass is 9.79. The van der Waals surface area contributed by atoms with E-state index in [0.29, 0.717) is 6.54 Å².